The lowest BCUT2D eigenvalue weighted by molar-refractivity contribution is 0.102. The van der Waals surface area contributed by atoms with Crippen LogP contribution < -0.4 is 5.32 Å². The number of carbonyl (C=O) groups is 1. The number of nitrogens with one attached hydrogen (secondary N) is 1. The van der Waals surface area contributed by atoms with E-state index in [-0.39, 0.29) is 16.1 Å². The van der Waals surface area contributed by atoms with Crippen LogP contribution in [0.5, 0.6) is 0 Å². The summed E-state index contributed by atoms with van der Waals surface area (Å²) in [6.45, 7) is 0. The maximum absolute atomic E-state index is 13.4. The van der Waals surface area contributed by atoms with Gasteiger partial charge in [0.15, 0.2) is 0 Å². The second-order valence-corrected chi connectivity index (χ2v) is 4.66. The highest BCUT2D eigenvalue weighted by molar-refractivity contribution is 7.80. The first-order valence-corrected chi connectivity index (χ1v) is 6.05. The highest BCUT2D eigenvalue weighted by Crippen LogP contribution is 2.21. The molecule has 0 aliphatic heterocycles. The first kappa shape index (κ1) is 13.8. The standard InChI is InChI=1S/C13H8ClF2NOS/c14-8-2-4-9(15)11(6-8)17-13(18)7-1-3-10(16)12(19)5-7/h1-6,19H,(H,17,18). The molecule has 0 heterocycles. The molecule has 0 saturated heterocycles. The maximum Gasteiger partial charge on any atom is 0.255 e. The van der Waals surface area contributed by atoms with Crippen LogP contribution in [0, 0.1) is 11.6 Å². The molecule has 2 rings (SSSR count). The van der Waals surface area contributed by atoms with Crippen molar-refractivity contribution in [2.24, 2.45) is 0 Å². The monoisotopic (exact) mass is 299 g/mol. The fourth-order valence-corrected chi connectivity index (χ4v) is 1.83. The molecule has 0 saturated carbocycles. The van der Waals surface area contributed by atoms with Gasteiger partial charge in [-0.1, -0.05) is 11.6 Å². The Balaban J connectivity index is 2.25. The predicted molar refractivity (Wildman–Crippen MR) is 73.0 cm³/mol. The van der Waals surface area contributed by atoms with Gasteiger partial charge in [0.05, 0.1) is 5.69 Å². The summed E-state index contributed by atoms with van der Waals surface area (Å²) in [5.41, 5.74) is 0.133. The number of hydrogen-bond acceptors (Lipinski definition) is 2. The fraction of sp³-hybridized carbons (Fsp3) is 0. The van der Waals surface area contributed by atoms with Crippen molar-refractivity contribution in [3.05, 3.63) is 58.6 Å². The first-order chi connectivity index (χ1) is 8.97. The van der Waals surface area contributed by atoms with E-state index in [2.05, 4.69) is 17.9 Å². The van der Waals surface area contributed by atoms with Crippen LogP contribution in [0.15, 0.2) is 41.3 Å². The molecule has 19 heavy (non-hydrogen) atoms. The van der Waals surface area contributed by atoms with Gasteiger partial charge in [-0.05, 0) is 36.4 Å². The third-order valence-electron chi connectivity index (χ3n) is 2.38. The van der Waals surface area contributed by atoms with E-state index >= 15 is 0 Å². The fourth-order valence-electron chi connectivity index (χ4n) is 1.44. The molecule has 0 spiro atoms. The summed E-state index contributed by atoms with van der Waals surface area (Å²) in [4.78, 5) is 11.9. The minimum Gasteiger partial charge on any atom is -0.319 e. The SMILES string of the molecule is O=C(Nc1cc(Cl)ccc1F)c1ccc(F)c(S)c1. The molecule has 1 N–H and O–H groups in total. The van der Waals surface area contributed by atoms with Crippen LogP contribution in [-0.4, -0.2) is 5.91 Å². The maximum atomic E-state index is 13.4. The van der Waals surface area contributed by atoms with Crippen LogP contribution in [-0.2, 0) is 0 Å². The summed E-state index contributed by atoms with van der Waals surface area (Å²) in [6, 6.07) is 7.47. The molecule has 1 amide bonds. The van der Waals surface area contributed by atoms with Gasteiger partial charge >= 0.3 is 0 Å². The van der Waals surface area contributed by atoms with Gasteiger partial charge in [0.1, 0.15) is 11.6 Å². The van der Waals surface area contributed by atoms with Crippen LogP contribution in [0.4, 0.5) is 14.5 Å². The van der Waals surface area contributed by atoms with E-state index in [0.717, 1.165) is 12.1 Å². The van der Waals surface area contributed by atoms with Crippen molar-refractivity contribution in [2.75, 3.05) is 5.32 Å². The Bertz CT molecular complexity index is 649. The third kappa shape index (κ3) is 3.24. The summed E-state index contributed by atoms with van der Waals surface area (Å²) in [5.74, 6) is -1.71. The Morgan fingerprint density at radius 2 is 1.79 bits per heavy atom. The van der Waals surface area contributed by atoms with Gasteiger partial charge in [-0.3, -0.25) is 4.79 Å². The third-order valence-corrected chi connectivity index (χ3v) is 2.96. The highest BCUT2D eigenvalue weighted by Gasteiger charge is 2.11. The van der Waals surface area contributed by atoms with E-state index in [9.17, 15) is 13.6 Å². The largest absolute Gasteiger partial charge is 0.319 e. The minimum absolute atomic E-state index is 0.0393. The summed E-state index contributed by atoms with van der Waals surface area (Å²) in [6.07, 6.45) is 0. The second kappa shape index (κ2) is 5.59. The van der Waals surface area contributed by atoms with Gasteiger partial charge in [-0.2, -0.15) is 0 Å². The molecule has 0 radical (unpaired) electrons. The van der Waals surface area contributed by atoms with Crippen molar-refractivity contribution in [1.29, 1.82) is 0 Å². The summed E-state index contributed by atoms with van der Waals surface area (Å²) < 4.78 is 26.5. The molecule has 0 fully saturated rings. The zero-order chi connectivity index (χ0) is 14.0. The lowest BCUT2D eigenvalue weighted by Gasteiger charge is -2.07. The van der Waals surface area contributed by atoms with Crippen molar-refractivity contribution in [3.63, 3.8) is 0 Å². The molecule has 0 aliphatic rings. The Hall–Kier alpha value is -1.59. The van der Waals surface area contributed by atoms with Gasteiger partial charge in [0.25, 0.3) is 5.91 Å². The smallest absolute Gasteiger partial charge is 0.255 e. The average Bonchev–Trinajstić information content (AvgIpc) is 2.37. The normalized spacial score (nSPS) is 10.3. The molecule has 98 valence electrons. The number of thiol groups is 1. The molecule has 2 aromatic rings. The number of anilines is 1. The number of carbonyl (C=O) groups excluding carboxylic acids is 1. The van der Waals surface area contributed by atoms with Crippen LogP contribution in [0.2, 0.25) is 5.02 Å². The molecule has 0 atom stereocenters. The van der Waals surface area contributed by atoms with Gasteiger partial charge in [-0.25, -0.2) is 8.78 Å². The number of amides is 1. The van der Waals surface area contributed by atoms with Crippen molar-refractivity contribution < 1.29 is 13.6 Å². The van der Waals surface area contributed by atoms with E-state index in [4.69, 9.17) is 11.6 Å². The van der Waals surface area contributed by atoms with Crippen LogP contribution in [0.3, 0.4) is 0 Å². The van der Waals surface area contributed by atoms with Crippen LogP contribution >= 0.6 is 24.2 Å². The molecule has 0 aliphatic carbocycles. The van der Waals surface area contributed by atoms with E-state index in [1.165, 1.54) is 24.3 Å². The van der Waals surface area contributed by atoms with Gasteiger partial charge in [0, 0.05) is 15.5 Å². The van der Waals surface area contributed by atoms with Gasteiger partial charge in [0.2, 0.25) is 0 Å². The number of hydrogen-bond donors (Lipinski definition) is 2. The Labute approximate surface area is 118 Å². The van der Waals surface area contributed by atoms with Crippen molar-refractivity contribution in [2.45, 2.75) is 4.90 Å². The number of benzene rings is 2. The molecule has 2 nitrogen and oxygen atoms in total. The van der Waals surface area contributed by atoms with Crippen LogP contribution in [0.1, 0.15) is 10.4 Å². The predicted octanol–water partition coefficient (Wildman–Crippen LogP) is 4.16. The van der Waals surface area contributed by atoms with E-state index in [0.29, 0.717) is 5.02 Å². The summed E-state index contributed by atoms with van der Waals surface area (Å²) in [7, 11) is 0. The highest BCUT2D eigenvalue weighted by atomic mass is 35.5. The lowest BCUT2D eigenvalue weighted by Crippen LogP contribution is -2.13. The van der Waals surface area contributed by atoms with Gasteiger partial charge in [-0.15, -0.1) is 12.6 Å². The quantitative estimate of drug-likeness (QED) is 0.801. The average molecular weight is 300 g/mol. The molecule has 0 bridgehead atoms. The van der Waals surface area contributed by atoms with Crippen molar-refractivity contribution in [1.82, 2.24) is 0 Å². The molecule has 2 aromatic carbocycles. The zero-order valence-corrected chi connectivity index (χ0v) is 11.1. The van der Waals surface area contributed by atoms with E-state index in [1.54, 1.807) is 0 Å². The Morgan fingerprint density at radius 3 is 2.47 bits per heavy atom. The second-order valence-electron chi connectivity index (χ2n) is 3.74. The molecule has 0 unspecified atom stereocenters. The molecular formula is C13H8ClF2NOS. The van der Waals surface area contributed by atoms with E-state index < -0.39 is 17.5 Å². The molecule has 6 heteroatoms. The zero-order valence-electron chi connectivity index (χ0n) is 9.45. The Morgan fingerprint density at radius 1 is 1.11 bits per heavy atom. The number of halogens is 3. The topological polar surface area (TPSA) is 29.1 Å². The summed E-state index contributed by atoms with van der Waals surface area (Å²) >= 11 is 9.59. The molecular weight excluding hydrogens is 292 g/mol. The molecule has 0 aromatic heterocycles. The van der Waals surface area contributed by atoms with Crippen LogP contribution in [0.25, 0.3) is 0 Å². The number of rotatable bonds is 2. The van der Waals surface area contributed by atoms with Crippen molar-refractivity contribution in [3.8, 4) is 0 Å². The first-order valence-electron chi connectivity index (χ1n) is 5.22. The van der Waals surface area contributed by atoms with E-state index in [1.807, 2.05) is 0 Å². The Kier molecular flexibility index (Phi) is 4.07. The minimum atomic E-state index is -0.606. The van der Waals surface area contributed by atoms with Gasteiger partial charge < -0.3 is 5.32 Å². The lowest BCUT2D eigenvalue weighted by atomic mass is 10.2. The summed E-state index contributed by atoms with van der Waals surface area (Å²) in [5, 5.41) is 2.66. The van der Waals surface area contributed by atoms with Crippen molar-refractivity contribution >= 4 is 35.8 Å².